The first-order valence-electron chi connectivity index (χ1n) is 8.69. The molecule has 0 spiro atoms. The molecule has 2 fully saturated rings. The van der Waals surface area contributed by atoms with Gasteiger partial charge in [0.25, 0.3) is 5.92 Å². The molecular weight excluding hydrogens is 302 g/mol. The minimum absolute atomic E-state index is 0.0407. The summed E-state index contributed by atoms with van der Waals surface area (Å²) in [6, 6.07) is -0.0407. The fraction of sp³-hybridized carbons (Fsp3) is 0.941. The van der Waals surface area contributed by atoms with Gasteiger partial charge in [0.1, 0.15) is 6.08 Å². The second-order valence-electron chi connectivity index (χ2n) is 7.88. The van der Waals surface area contributed by atoms with Gasteiger partial charge in [-0.3, -0.25) is 4.99 Å². The van der Waals surface area contributed by atoms with E-state index in [1.807, 2.05) is 20.8 Å². The summed E-state index contributed by atoms with van der Waals surface area (Å²) in [5.41, 5.74) is -0.538. The van der Waals surface area contributed by atoms with Crippen LogP contribution in [0.25, 0.3) is 0 Å². The van der Waals surface area contributed by atoms with Crippen LogP contribution in [0.1, 0.15) is 59.3 Å². The molecule has 1 saturated carbocycles. The lowest BCUT2D eigenvalue weighted by Crippen LogP contribution is -2.44. The van der Waals surface area contributed by atoms with Gasteiger partial charge in [-0.15, -0.1) is 0 Å². The highest BCUT2D eigenvalue weighted by Crippen LogP contribution is 2.32. The van der Waals surface area contributed by atoms with Crippen molar-refractivity contribution in [2.24, 2.45) is 10.9 Å². The normalized spacial score (nSPS) is 30.2. The third-order valence-electron chi connectivity index (χ3n) is 4.61. The van der Waals surface area contributed by atoms with Crippen molar-refractivity contribution in [1.29, 1.82) is 0 Å². The summed E-state index contributed by atoms with van der Waals surface area (Å²) in [6.07, 6.45) is 3.44. The molecule has 2 atom stereocenters. The van der Waals surface area contributed by atoms with E-state index >= 15 is 0 Å². The lowest BCUT2D eigenvalue weighted by molar-refractivity contribution is -0.261. The minimum atomic E-state index is -2.51. The molecule has 0 amide bonds. The summed E-state index contributed by atoms with van der Waals surface area (Å²) >= 11 is 0. The maximum absolute atomic E-state index is 13.3. The Morgan fingerprint density at radius 2 is 1.83 bits per heavy atom. The molecule has 1 aliphatic carbocycles. The zero-order chi connectivity index (χ0) is 17.1. The molecule has 2 rings (SSSR count). The monoisotopic (exact) mass is 331 g/mol. The summed E-state index contributed by atoms with van der Waals surface area (Å²) in [5, 5.41) is 11.9. The van der Waals surface area contributed by atoms with E-state index in [2.05, 4.69) is 9.89 Å². The van der Waals surface area contributed by atoms with E-state index in [1.165, 1.54) is 0 Å². The zero-order valence-corrected chi connectivity index (χ0v) is 14.5. The van der Waals surface area contributed by atoms with E-state index in [0.29, 0.717) is 13.1 Å². The Kier molecular flexibility index (Phi) is 5.87. The van der Waals surface area contributed by atoms with Crippen molar-refractivity contribution < 1.29 is 18.6 Å². The summed E-state index contributed by atoms with van der Waals surface area (Å²) in [7, 11) is 0. The van der Waals surface area contributed by atoms with Crippen molar-refractivity contribution >= 4 is 6.08 Å². The highest BCUT2D eigenvalue weighted by Gasteiger charge is 2.35. The number of likely N-dealkylation sites (tertiary alicyclic amines) is 1. The van der Waals surface area contributed by atoms with Crippen molar-refractivity contribution in [1.82, 2.24) is 4.90 Å². The maximum atomic E-state index is 13.3. The Labute approximate surface area is 137 Å². The Bertz CT molecular complexity index is 411. The molecule has 0 aromatic rings. The molecule has 23 heavy (non-hydrogen) atoms. The van der Waals surface area contributed by atoms with Crippen molar-refractivity contribution in [2.45, 2.75) is 76.9 Å². The van der Waals surface area contributed by atoms with Crippen LogP contribution >= 0.6 is 0 Å². The number of rotatable bonds is 3. The topological polar surface area (TPSA) is 47.9 Å². The molecule has 2 aliphatic rings. The van der Waals surface area contributed by atoms with E-state index in [-0.39, 0.29) is 24.8 Å². The summed E-state index contributed by atoms with van der Waals surface area (Å²) in [4.78, 5) is 6.36. The highest BCUT2D eigenvalue weighted by atomic mass is 19.3. The first kappa shape index (κ1) is 18.4. The van der Waals surface area contributed by atoms with Crippen molar-refractivity contribution in [2.75, 3.05) is 19.6 Å². The average molecular weight is 331 g/mol. The number of piperidine rings is 1. The molecule has 0 bridgehead atoms. The van der Waals surface area contributed by atoms with Gasteiger partial charge in [0.05, 0.1) is 6.04 Å². The lowest BCUT2D eigenvalue weighted by atomic mass is 9.84. The Morgan fingerprint density at radius 3 is 2.43 bits per heavy atom. The van der Waals surface area contributed by atoms with Crippen LogP contribution in [0.4, 0.5) is 8.78 Å². The van der Waals surface area contributed by atoms with Crippen LogP contribution in [0, 0.1) is 5.92 Å². The maximum Gasteiger partial charge on any atom is 0.250 e. The molecular formula is C17H29F2N2O2-. The third kappa shape index (κ3) is 6.24. The first-order valence-corrected chi connectivity index (χ1v) is 8.69. The van der Waals surface area contributed by atoms with Crippen LogP contribution in [0.15, 0.2) is 4.99 Å². The molecule has 4 nitrogen and oxygen atoms in total. The summed E-state index contributed by atoms with van der Waals surface area (Å²) in [6.45, 7) is 7.10. The third-order valence-corrected chi connectivity index (χ3v) is 4.61. The van der Waals surface area contributed by atoms with Gasteiger partial charge < -0.3 is 14.7 Å². The fourth-order valence-electron chi connectivity index (χ4n) is 3.39. The molecule has 0 radical (unpaired) electrons. The van der Waals surface area contributed by atoms with Gasteiger partial charge >= 0.3 is 0 Å². The van der Waals surface area contributed by atoms with Crippen LogP contribution < -0.4 is 5.11 Å². The van der Waals surface area contributed by atoms with Crippen molar-refractivity contribution in [3.05, 3.63) is 0 Å². The molecule has 134 valence electrons. The minimum Gasteiger partial charge on any atom is -0.595 e. The van der Waals surface area contributed by atoms with Gasteiger partial charge in [-0.1, -0.05) is 33.6 Å². The van der Waals surface area contributed by atoms with E-state index in [0.717, 1.165) is 32.2 Å². The Hall–Kier alpha value is -0.910. The predicted molar refractivity (Wildman–Crippen MR) is 84.6 cm³/mol. The molecule has 0 aromatic heterocycles. The van der Waals surface area contributed by atoms with Gasteiger partial charge in [-0.25, -0.2) is 8.78 Å². The lowest BCUT2D eigenvalue weighted by Gasteiger charge is -2.38. The standard InChI is InChI=1S/C17H30F2N2O2/c1-16(2,3)23-15(22)20-14-7-5-4-6-13(14)12-21-10-8-17(18,19)9-11-21/h13-14H,4-12H2,1-3H3,(H,20,22)/p-1/t13-,14?/m0/s1. The molecule has 0 aromatic carbocycles. The van der Waals surface area contributed by atoms with Crippen molar-refractivity contribution in [3.63, 3.8) is 0 Å². The number of hydrogen-bond acceptors (Lipinski definition) is 4. The van der Waals surface area contributed by atoms with Gasteiger partial charge in [0, 0.05) is 38.1 Å². The van der Waals surface area contributed by atoms with Crippen LogP contribution in [0.2, 0.25) is 0 Å². The fourth-order valence-corrected chi connectivity index (χ4v) is 3.39. The second kappa shape index (κ2) is 7.32. The largest absolute Gasteiger partial charge is 0.595 e. The summed E-state index contributed by atoms with van der Waals surface area (Å²) in [5.74, 6) is -2.24. The number of hydrogen-bond donors (Lipinski definition) is 0. The van der Waals surface area contributed by atoms with E-state index < -0.39 is 17.6 Å². The summed E-state index contributed by atoms with van der Waals surface area (Å²) < 4.78 is 31.8. The molecule has 1 saturated heterocycles. The SMILES string of the molecule is CC(C)(C)OC([O-])=NC1CCCC[C@H]1CN1CCC(F)(F)CC1. The molecule has 0 N–H and O–H groups in total. The van der Waals surface area contributed by atoms with Crippen LogP contribution in [0.3, 0.4) is 0 Å². The number of aliphatic imine (C=N–C) groups is 1. The number of alkyl halides is 2. The van der Waals surface area contributed by atoms with Gasteiger partial charge in [0.2, 0.25) is 0 Å². The first-order chi connectivity index (χ1) is 10.6. The van der Waals surface area contributed by atoms with E-state index in [9.17, 15) is 13.9 Å². The molecule has 6 heteroatoms. The predicted octanol–water partition coefficient (Wildman–Crippen LogP) is 2.81. The van der Waals surface area contributed by atoms with Crippen LogP contribution in [-0.4, -0.2) is 48.2 Å². The number of halogens is 2. The van der Waals surface area contributed by atoms with E-state index in [1.54, 1.807) is 0 Å². The second-order valence-corrected chi connectivity index (χ2v) is 7.88. The zero-order valence-electron chi connectivity index (χ0n) is 14.5. The van der Waals surface area contributed by atoms with Crippen LogP contribution in [-0.2, 0) is 4.74 Å². The van der Waals surface area contributed by atoms with Gasteiger partial charge in [-0.2, -0.15) is 0 Å². The molecule has 1 heterocycles. The quantitative estimate of drug-likeness (QED) is 0.590. The Morgan fingerprint density at radius 1 is 1.22 bits per heavy atom. The smallest absolute Gasteiger partial charge is 0.250 e. The van der Waals surface area contributed by atoms with Crippen LogP contribution in [0.5, 0.6) is 0 Å². The Balaban J connectivity index is 1.92. The van der Waals surface area contributed by atoms with Gasteiger partial charge in [-0.05, 0) is 18.8 Å². The number of nitrogens with zero attached hydrogens (tertiary/aromatic N) is 2. The highest BCUT2D eigenvalue weighted by molar-refractivity contribution is 5.62. The van der Waals surface area contributed by atoms with Crippen molar-refractivity contribution in [3.8, 4) is 0 Å². The molecule has 1 unspecified atom stereocenters. The average Bonchev–Trinajstić information content (AvgIpc) is 2.41. The molecule has 1 aliphatic heterocycles. The number of ether oxygens (including phenoxy) is 1. The van der Waals surface area contributed by atoms with E-state index in [4.69, 9.17) is 4.74 Å². The van der Waals surface area contributed by atoms with Gasteiger partial charge in [0.15, 0.2) is 0 Å².